The van der Waals surface area contributed by atoms with Gasteiger partial charge in [-0.2, -0.15) is 13.2 Å². The fourth-order valence-electron chi connectivity index (χ4n) is 3.04. The van der Waals surface area contributed by atoms with Crippen molar-refractivity contribution in [1.29, 1.82) is 0 Å². The van der Waals surface area contributed by atoms with Gasteiger partial charge in [-0.1, -0.05) is 31.7 Å². The Morgan fingerprint density at radius 1 is 1.23 bits per heavy atom. The number of nitrogens with zero attached hydrogens (tertiary/aromatic N) is 3. The first-order chi connectivity index (χ1) is 14.2. The minimum Gasteiger partial charge on any atom is -0.490 e. The van der Waals surface area contributed by atoms with Gasteiger partial charge in [0.2, 0.25) is 11.7 Å². The second kappa shape index (κ2) is 9.15. The van der Waals surface area contributed by atoms with Crippen molar-refractivity contribution in [3.05, 3.63) is 29.6 Å². The van der Waals surface area contributed by atoms with Crippen molar-refractivity contribution >= 4 is 17.7 Å². The van der Waals surface area contributed by atoms with E-state index >= 15 is 0 Å². The molecular formula is C19H23F3N4O3S. The van der Waals surface area contributed by atoms with Crippen LogP contribution in [0.3, 0.4) is 0 Å². The van der Waals surface area contributed by atoms with Gasteiger partial charge in [0.15, 0.2) is 16.7 Å². The highest BCUT2D eigenvalue weighted by molar-refractivity contribution is 7.99. The number of rotatable bonds is 6. The first kappa shape index (κ1) is 22.3. The van der Waals surface area contributed by atoms with E-state index in [9.17, 15) is 18.0 Å². The molecule has 0 saturated heterocycles. The van der Waals surface area contributed by atoms with Crippen LogP contribution >= 0.6 is 11.8 Å². The zero-order valence-corrected chi connectivity index (χ0v) is 17.6. The van der Waals surface area contributed by atoms with Crippen molar-refractivity contribution in [2.45, 2.75) is 37.6 Å². The normalized spacial score (nSPS) is 15.0. The molecule has 11 heteroatoms. The average Bonchev–Trinajstić information content (AvgIpc) is 2.90. The van der Waals surface area contributed by atoms with E-state index in [2.05, 4.69) is 15.5 Å². The summed E-state index contributed by atoms with van der Waals surface area (Å²) in [5, 5.41) is 9.66. The van der Waals surface area contributed by atoms with E-state index < -0.39 is 12.0 Å². The van der Waals surface area contributed by atoms with Crippen LogP contribution in [0.4, 0.5) is 13.2 Å². The monoisotopic (exact) mass is 444 g/mol. The number of nitrogens with one attached hydrogen (secondary N) is 1. The lowest BCUT2D eigenvalue weighted by molar-refractivity contribution is -0.147. The van der Waals surface area contributed by atoms with Crippen molar-refractivity contribution in [1.82, 2.24) is 20.1 Å². The number of thioether (sulfide) groups is 1. The summed E-state index contributed by atoms with van der Waals surface area (Å²) in [6.45, 7) is 5.09. The summed E-state index contributed by atoms with van der Waals surface area (Å²) in [6.07, 6.45) is -3.80. The van der Waals surface area contributed by atoms with Crippen molar-refractivity contribution in [3.8, 4) is 11.5 Å². The third-order valence-corrected chi connectivity index (χ3v) is 5.55. The Bertz CT molecular complexity index is 902. The molecule has 0 saturated carbocycles. The molecule has 7 nitrogen and oxygen atoms in total. The van der Waals surface area contributed by atoms with Gasteiger partial charge in [-0.3, -0.25) is 4.79 Å². The fourth-order valence-corrected chi connectivity index (χ4v) is 3.76. The molecule has 0 bridgehead atoms. The summed E-state index contributed by atoms with van der Waals surface area (Å²) in [5.41, 5.74) is 0.866. The molecule has 0 radical (unpaired) electrons. The highest BCUT2D eigenvalue weighted by atomic mass is 32.2. The Morgan fingerprint density at radius 2 is 1.93 bits per heavy atom. The maximum atomic E-state index is 12.8. The highest BCUT2D eigenvalue weighted by Gasteiger charge is 2.37. The van der Waals surface area contributed by atoms with Crippen LogP contribution in [0.25, 0.3) is 0 Å². The lowest BCUT2D eigenvalue weighted by Crippen LogP contribution is -2.33. The molecule has 30 heavy (non-hydrogen) atoms. The van der Waals surface area contributed by atoms with E-state index in [4.69, 9.17) is 9.47 Å². The van der Waals surface area contributed by atoms with E-state index in [0.717, 1.165) is 28.3 Å². The van der Waals surface area contributed by atoms with Gasteiger partial charge in [-0.15, -0.1) is 10.2 Å². The number of ether oxygens (including phenoxy) is 2. The summed E-state index contributed by atoms with van der Waals surface area (Å²) in [4.78, 5) is 12.5. The molecule has 1 aromatic heterocycles. The number of hydrogen-bond acceptors (Lipinski definition) is 6. The third kappa shape index (κ3) is 5.18. The van der Waals surface area contributed by atoms with Crippen LogP contribution in [0, 0.1) is 5.92 Å². The van der Waals surface area contributed by atoms with Crippen LogP contribution in [0.5, 0.6) is 11.5 Å². The van der Waals surface area contributed by atoms with Crippen molar-refractivity contribution in [2.75, 3.05) is 19.0 Å². The number of hydrogen-bond donors (Lipinski definition) is 1. The maximum absolute atomic E-state index is 12.8. The van der Waals surface area contributed by atoms with E-state index in [1.54, 1.807) is 0 Å². The van der Waals surface area contributed by atoms with Crippen LogP contribution < -0.4 is 14.8 Å². The molecule has 1 unspecified atom stereocenters. The number of benzene rings is 1. The van der Waals surface area contributed by atoms with Gasteiger partial charge >= 0.3 is 6.18 Å². The molecule has 1 aromatic carbocycles. The molecule has 3 rings (SSSR count). The molecule has 1 N–H and O–H groups in total. The SMILES string of the molecule is CC(C)C(NC(=O)CSc1nnc(C(F)(F)F)n1C)c1ccc2c(c1)OCCCO2. The molecule has 2 heterocycles. The molecule has 1 aliphatic heterocycles. The van der Waals surface area contributed by atoms with Crippen molar-refractivity contribution in [2.24, 2.45) is 13.0 Å². The second-order valence-corrected chi connectivity index (χ2v) is 8.14. The molecule has 0 spiro atoms. The van der Waals surface area contributed by atoms with E-state index in [-0.39, 0.29) is 28.8 Å². The van der Waals surface area contributed by atoms with Crippen molar-refractivity contribution < 1.29 is 27.4 Å². The Morgan fingerprint density at radius 3 is 2.57 bits per heavy atom. The summed E-state index contributed by atoms with van der Waals surface area (Å²) in [5.74, 6) is -0.116. The fraction of sp³-hybridized carbons (Fsp3) is 0.526. The summed E-state index contributed by atoms with van der Waals surface area (Å²) in [6, 6.07) is 5.27. The van der Waals surface area contributed by atoms with Gasteiger partial charge in [0.05, 0.1) is 25.0 Å². The zero-order valence-electron chi connectivity index (χ0n) is 16.8. The molecule has 1 amide bonds. The van der Waals surface area contributed by atoms with Crippen LogP contribution in [-0.4, -0.2) is 39.6 Å². The molecule has 164 valence electrons. The molecular weight excluding hydrogens is 421 g/mol. The van der Waals surface area contributed by atoms with Crippen molar-refractivity contribution in [3.63, 3.8) is 0 Å². The largest absolute Gasteiger partial charge is 0.490 e. The van der Waals surface area contributed by atoms with Crippen LogP contribution in [0.2, 0.25) is 0 Å². The minimum atomic E-state index is -4.59. The van der Waals surface area contributed by atoms with Gasteiger partial charge in [0.1, 0.15) is 0 Å². The zero-order chi connectivity index (χ0) is 21.9. The number of carbonyl (C=O) groups excluding carboxylic acids is 1. The Labute approximate surface area is 176 Å². The van der Waals surface area contributed by atoms with E-state index in [1.807, 2.05) is 32.0 Å². The van der Waals surface area contributed by atoms with Crippen LogP contribution in [0.1, 0.15) is 37.7 Å². The first-order valence-electron chi connectivity index (χ1n) is 9.45. The number of alkyl halides is 3. The summed E-state index contributed by atoms with van der Waals surface area (Å²) in [7, 11) is 1.22. The van der Waals surface area contributed by atoms with Gasteiger partial charge in [0.25, 0.3) is 0 Å². The second-order valence-electron chi connectivity index (χ2n) is 7.20. The standard InChI is InChI=1S/C19H23F3N4O3S/c1-11(2)16(12-5-6-13-14(9-12)29-8-4-7-28-13)23-15(27)10-30-18-25-24-17(26(18)3)19(20,21)22/h5-6,9,11,16H,4,7-8,10H2,1-3H3,(H,23,27). The van der Waals surface area contributed by atoms with Gasteiger partial charge in [0, 0.05) is 13.5 Å². The number of fused-ring (bicyclic) bond motifs is 1. The van der Waals surface area contributed by atoms with E-state index in [1.165, 1.54) is 7.05 Å². The Kier molecular flexibility index (Phi) is 6.79. The van der Waals surface area contributed by atoms with Crippen LogP contribution in [0.15, 0.2) is 23.4 Å². The molecule has 2 aromatic rings. The van der Waals surface area contributed by atoms with Crippen LogP contribution in [-0.2, 0) is 18.0 Å². The lowest BCUT2D eigenvalue weighted by atomic mass is 9.95. The number of carbonyl (C=O) groups is 1. The summed E-state index contributed by atoms with van der Waals surface area (Å²) < 4.78 is 50.7. The quantitative estimate of drug-likeness (QED) is 0.686. The number of aromatic nitrogens is 3. The summed E-state index contributed by atoms with van der Waals surface area (Å²) >= 11 is 0.899. The molecule has 1 aliphatic rings. The first-order valence-corrected chi connectivity index (χ1v) is 10.4. The Hall–Kier alpha value is -2.43. The number of amides is 1. The molecule has 1 atom stereocenters. The maximum Gasteiger partial charge on any atom is 0.451 e. The lowest BCUT2D eigenvalue weighted by Gasteiger charge is -2.24. The third-order valence-electron chi connectivity index (χ3n) is 4.53. The Balaban J connectivity index is 1.67. The topological polar surface area (TPSA) is 78.3 Å². The van der Waals surface area contributed by atoms with Gasteiger partial charge in [-0.25, -0.2) is 0 Å². The predicted octanol–water partition coefficient (Wildman–Crippen LogP) is 3.60. The number of halogens is 3. The smallest absolute Gasteiger partial charge is 0.451 e. The highest BCUT2D eigenvalue weighted by Crippen LogP contribution is 2.34. The molecule has 0 aliphatic carbocycles. The van der Waals surface area contributed by atoms with Gasteiger partial charge in [-0.05, 0) is 23.6 Å². The molecule has 0 fully saturated rings. The van der Waals surface area contributed by atoms with E-state index in [0.29, 0.717) is 24.7 Å². The minimum absolute atomic E-state index is 0.0224. The average molecular weight is 444 g/mol. The van der Waals surface area contributed by atoms with Gasteiger partial charge < -0.3 is 19.4 Å². The predicted molar refractivity (Wildman–Crippen MR) is 104 cm³/mol.